The third-order valence-electron chi connectivity index (χ3n) is 4.10. The number of aryl methyl sites for hydroxylation is 1. The lowest BCUT2D eigenvalue weighted by Crippen LogP contribution is -2.28. The molecule has 0 aromatic heterocycles. The number of anilines is 1. The van der Waals surface area contributed by atoms with Crippen molar-refractivity contribution < 1.29 is 18.4 Å². The van der Waals surface area contributed by atoms with Crippen LogP contribution in [0.25, 0.3) is 0 Å². The Hall–Kier alpha value is -2.76. The van der Waals surface area contributed by atoms with Gasteiger partial charge in [-0.2, -0.15) is 0 Å². The highest BCUT2D eigenvalue weighted by molar-refractivity contribution is 5.91. The molecule has 2 rings (SSSR count). The number of hydrogen-bond donors (Lipinski definition) is 1. The van der Waals surface area contributed by atoms with Crippen LogP contribution in [0.4, 0.5) is 14.5 Å². The summed E-state index contributed by atoms with van der Waals surface area (Å²) in [6.45, 7) is 4.39. The highest BCUT2D eigenvalue weighted by Gasteiger charge is 2.12. The number of nitrogens with zero attached hydrogens (tertiary/aromatic N) is 1. The third-order valence-corrected chi connectivity index (χ3v) is 4.10. The van der Waals surface area contributed by atoms with Gasteiger partial charge >= 0.3 is 0 Å². The topological polar surface area (TPSA) is 49.4 Å². The second kappa shape index (κ2) is 9.08. The second-order valence-electron chi connectivity index (χ2n) is 5.99. The summed E-state index contributed by atoms with van der Waals surface area (Å²) in [5.41, 5.74) is 2.04. The van der Waals surface area contributed by atoms with Crippen molar-refractivity contribution in [1.29, 1.82) is 0 Å². The number of para-hydroxylation sites is 1. The van der Waals surface area contributed by atoms with E-state index in [-0.39, 0.29) is 18.2 Å². The van der Waals surface area contributed by atoms with Crippen LogP contribution < -0.4 is 5.32 Å². The van der Waals surface area contributed by atoms with Gasteiger partial charge in [0, 0.05) is 32.1 Å². The molecule has 0 aliphatic carbocycles. The largest absolute Gasteiger partial charge is 0.339 e. The van der Waals surface area contributed by atoms with Crippen LogP contribution in [0.15, 0.2) is 42.5 Å². The Morgan fingerprint density at radius 2 is 1.81 bits per heavy atom. The second-order valence-corrected chi connectivity index (χ2v) is 5.99. The van der Waals surface area contributed by atoms with E-state index in [4.69, 9.17) is 0 Å². The molecule has 2 amide bonds. The van der Waals surface area contributed by atoms with Crippen molar-refractivity contribution in [3.8, 4) is 0 Å². The molecular weight excluding hydrogens is 338 g/mol. The smallest absolute Gasteiger partial charge is 0.224 e. The molecule has 1 N–H and O–H groups in total. The lowest BCUT2D eigenvalue weighted by molar-refractivity contribution is -0.129. The Labute approximate surface area is 151 Å². The zero-order valence-electron chi connectivity index (χ0n) is 14.9. The molecule has 0 spiro atoms. The number of hydrogen-bond acceptors (Lipinski definition) is 2. The molecule has 0 atom stereocenters. The Kier molecular flexibility index (Phi) is 6.83. The van der Waals surface area contributed by atoms with Gasteiger partial charge in [-0.1, -0.05) is 24.3 Å². The molecule has 0 saturated heterocycles. The van der Waals surface area contributed by atoms with Gasteiger partial charge in [-0.3, -0.25) is 9.59 Å². The van der Waals surface area contributed by atoms with Crippen molar-refractivity contribution >= 4 is 17.5 Å². The Morgan fingerprint density at radius 1 is 1.08 bits per heavy atom. The summed E-state index contributed by atoms with van der Waals surface area (Å²) in [7, 11) is 0. The lowest BCUT2D eigenvalue weighted by Gasteiger charge is -2.21. The molecule has 0 fully saturated rings. The van der Waals surface area contributed by atoms with Gasteiger partial charge < -0.3 is 10.2 Å². The molecule has 26 heavy (non-hydrogen) atoms. The van der Waals surface area contributed by atoms with Crippen molar-refractivity contribution in [1.82, 2.24) is 4.90 Å². The fourth-order valence-corrected chi connectivity index (χ4v) is 2.60. The van der Waals surface area contributed by atoms with E-state index in [1.165, 1.54) is 13.0 Å². The van der Waals surface area contributed by atoms with Gasteiger partial charge in [0.1, 0.15) is 0 Å². The summed E-state index contributed by atoms with van der Waals surface area (Å²) in [6, 6.07) is 10.9. The number of nitrogens with one attached hydrogen (secondary N) is 1. The van der Waals surface area contributed by atoms with E-state index in [0.29, 0.717) is 30.8 Å². The fourth-order valence-electron chi connectivity index (χ4n) is 2.60. The summed E-state index contributed by atoms with van der Waals surface area (Å²) in [6.07, 6.45) is 0.448. The maximum absolute atomic E-state index is 13.2. The van der Waals surface area contributed by atoms with Crippen LogP contribution in [-0.4, -0.2) is 23.3 Å². The van der Waals surface area contributed by atoms with Crippen LogP contribution in [0.5, 0.6) is 0 Å². The number of carbonyl (C=O) groups excluding carboxylic acids is 2. The third kappa shape index (κ3) is 5.37. The van der Waals surface area contributed by atoms with Crippen LogP contribution >= 0.6 is 0 Å². The van der Waals surface area contributed by atoms with Crippen molar-refractivity contribution in [2.75, 3.05) is 11.9 Å². The van der Waals surface area contributed by atoms with E-state index in [0.717, 1.165) is 17.7 Å². The molecule has 0 radical (unpaired) electrons. The van der Waals surface area contributed by atoms with Crippen LogP contribution in [0.1, 0.15) is 31.4 Å². The van der Waals surface area contributed by atoms with Gasteiger partial charge in [-0.15, -0.1) is 0 Å². The molecular formula is C20H22F2N2O2. The first-order valence-corrected chi connectivity index (χ1v) is 8.48. The van der Waals surface area contributed by atoms with Crippen LogP contribution in [0.3, 0.4) is 0 Å². The molecule has 4 nitrogen and oxygen atoms in total. The molecule has 0 saturated carbocycles. The van der Waals surface area contributed by atoms with Gasteiger partial charge in [-0.25, -0.2) is 8.78 Å². The Morgan fingerprint density at radius 3 is 2.46 bits per heavy atom. The Bertz CT molecular complexity index is 793. The zero-order valence-corrected chi connectivity index (χ0v) is 14.9. The van der Waals surface area contributed by atoms with E-state index >= 15 is 0 Å². The van der Waals surface area contributed by atoms with Crippen molar-refractivity contribution in [2.45, 2.75) is 33.2 Å². The number of benzene rings is 2. The SMILES string of the molecule is CCN(Cc1ccccc1NC(=O)CCc1ccc(F)c(F)c1)C(C)=O. The molecule has 0 bridgehead atoms. The minimum atomic E-state index is -0.919. The lowest BCUT2D eigenvalue weighted by atomic mass is 10.1. The summed E-state index contributed by atoms with van der Waals surface area (Å²) in [5.74, 6) is -2.09. The zero-order chi connectivity index (χ0) is 19.1. The number of amides is 2. The van der Waals surface area contributed by atoms with Crippen LogP contribution in [-0.2, 0) is 22.6 Å². The number of halogens is 2. The normalized spacial score (nSPS) is 10.5. The van der Waals surface area contributed by atoms with E-state index in [2.05, 4.69) is 5.32 Å². The van der Waals surface area contributed by atoms with E-state index in [9.17, 15) is 18.4 Å². The summed E-state index contributed by atoms with van der Waals surface area (Å²) < 4.78 is 26.2. The predicted molar refractivity (Wildman–Crippen MR) is 96.5 cm³/mol. The molecule has 2 aromatic rings. The van der Waals surface area contributed by atoms with Gasteiger partial charge in [0.2, 0.25) is 11.8 Å². The minimum absolute atomic E-state index is 0.0352. The van der Waals surface area contributed by atoms with Gasteiger partial charge in [0.05, 0.1) is 0 Å². The highest BCUT2D eigenvalue weighted by atomic mass is 19.2. The minimum Gasteiger partial charge on any atom is -0.339 e. The molecule has 6 heteroatoms. The molecule has 0 heterocycles. The molecule has 0 aliphatic heterocycles. The Balaban J connectivity index is 2.00. The first-order chi connectivity index (χ1) is 12.4. The maximum atomic E-state index is 13.2. The van der Waals surface area contributed by atoms with Crippen LogP contribution in [0.2, 0.25) is 0 Å². The molecule has 0 unspecified atom stereocenters. The van der Waals surface area contributed by atoms with Gasteiger partial charge in [-0.05, 0) is 42.7 Å². The van der Waals surface area contributed by atoms with Crippen molar-refractivity contribution in [2.24, 2.45) is 0 Å². The first-order valence-electron chi connectivity index (χ1n) is 8.48. The quantitative estimate of drug-likeness (QED) is 0.814. The maximum Gasteiger partial charge on any atom is 0.224 e. The number of rotatable bonds is 7. The van der Waals surface area contributed by atoms with Crippen molar-refractivity contribution in [3.05, 3.63) is 65.2 Å². The van der Waals surface area contributed by atoms with Gasteiger partial charge in [0.15, 0.2) is 11.6 Å². The van der Waals surface area contributed by atoms with E-state index in [1.54, 1.807) is 17.0 Å². The molecule has 138 valence electrons. The summed E-state index contributed by atoms with van der Waals surface area (Å²) >= 11 is 0. The van der Waals surface area contributed by atoms with Gasteiger partial charge in [0.25, 0.3) is 0 Å². The predicted octanol–water partition coefficient (Wildman–Crippen LogP) is 3.90. The molecule has 2 aromatic carbocycles. The first kappa shape index (κ1) is 19.6. The average Bonchev–Trinajstić information content (AvgIpc) is 2.61. The molecule has 0 aliphatic rings. The monoisotopic (exact) mass is 360 g/mol. The fraction of sp³-hybridized carbons (Fsp3) is 0.300. The average molecular weight is 360 g/mol. The van der Waals surface area contributed by atoms with Crippen molar-refractivity contribution in [3.63, 3.8) is 0 Å². The van der Waals surface area contributed by atoms with E-state index < -0.39 is 11.6 Å². The number of carbonyl (C=O) groups is 2. The standard InChI is InChI=1S/C20H22F2N2O2/c1-3-24(14(2)25)13-16-6-4-5-7-19(16)23-20(26)11-9-15-8-10-17(21)18(22)12-15/h4-8,10,12H,3,9,11,13H2,1-2H3,(H,23,26). The van der Waals surface area contributed by atoms with E-state index in [1.807, 2.05) is 19.1 Å². The summed E-state index contributed by atoms with van der Waals surface area (Å²) in [5, 5.41) is 2.83. The van der Waals surface area contributed by atoms with Crippen LogP contribution in [0, 0.1) is 11.6 Å². The summed E-state index contributed by atoms with van der Waals surface area (Å²) in [4.78, 5) is 25.5. The highest BCUT2D eigenvalue weighted by Crippen LogP contribution is 2.18.